The fraction of sp³-hybridized carbons (Fsp3) is 0.588. The van der Waals surface area contributed by atoms with Gasteiger partial charge in [0, 0.05) is 13.2 Å². The third kappa shape index (κ3) is 3.97. The average molecular weight is 456 g/mol. The fourth-order valence-electron chi connectivity index (χ4n) is 3.73. The van der Waals surface area contributed by atoms with E-state index in [2.05, 4.69) is 30.4 Å². The minimum Gasteiger partial charge on any atom is -0.371 e. The summed E-state index contributed by atoms with van der Waals surface area (Å²) in [5.41, 5.74) is 0.750. The number of halogens is 1. The van der Waals surface area contributed by atoms with Gasteiger partial charge in [-0.3, -0.25) is 4.68 Å². The summed E-state index contributed by atoms with van der Waals surface area (Å²) in [5.74, 6) is 0.811. The highest BCUT2D eigenvalue weighted by Gasteiger charge is 2.50. The highest BCUT2D eigenvalue weighted by molar-refractivity contribution is 7.90. The van der Waals surface area contributed by atoms with Crippen molar-refractivity contribution >= 4 is 39.1 Å². The number of ether oxygens (including phenoxy) is 2. The van der Waals surface area contributed by atoms with Crippen molar-refractivity contribution in [1.82, 2.24) is 24.5 Å². The summed E-state index contributed by atoms with van der Waals surface area (Å²) < 4.78 is 40.7. The van der Waals surface area contributed by atoms with E-state index >= 15 is 0 Å². The maximum atomic E-state index is 12.3. The molecular formula is C17H22ClN7O4S. The highest BCUT2D eigenvalue weighted by Crippen LogP contribution is 2.33. The van der Waals surface area contributed by atoms with Crippen molar-refractivity contribution in [2.45, 2.75) is 42.4 Å². The first-order chi connectivity index (χ1) is 14.4. The number of aromatic nitrogens is 4. The smallest absolute Gasteiger partial charge is 0.229 e. The molecule has 4 unspecified atom stereocenters. The third-order valence-corrected chi connectivity index (χ3v) is 7.62. The van der Waals surface area contributed by atoms with Gasteiger partial charge in [0.1, 0.15) is 17.2 Å². The Hall–Kier alpha value is -1.99. The van der Waals surface area contributed by atoms with Gasteiger partial charge in [-0.1, -0.05) is 11.6 Å². The van der Waals surface area contributed by atoms with Crippen molar-refractivity contribution in [1.29, 1.82) is 0 Å². The number of anilines is 3. The maximum absolute atomic E-state index is 12.3. The lowest BCUT2D eigenvalue weighted by Gasteiger charge is -2.19. The minimum atomic E-state index is -3.31. The van der Waals surface area contributed by atoms with E-state index in [1.54, 1.807) is 17.1 Å². The molecule has 0 spiro atoms. The summed E-state index contributed by atoms with van der Waals surface area (Å²) in [6.45, 7) is 0.619. The number of hydrogen-bond donors (Lipinski definition) is 3. The van der Waals surface area contributed by atoms with Crippen molar-refractivity contribution < 1.29 is 17.9 Å². The van der Waals surface area contributed by atoms with Crippen LogP contribution in [0.3, 0.4) is 0 Å². The number of hydrogen-bond acceptors (Lipinski definition) is 9. The molecule has 1 saturated carbocycles. The number of fused-ring (bicyclic) bond motifs is 1. The van der Waals surface area contributed by atoms with Crippen molar-refractivity contribution in [3.8, 4) is 0 Å². The van der Waals surface area contributed by atoms with Crippen LogP contribution in [0.15, 0.2) is 18.6 Å². The number of sulfonamides is 1. The quantitative estimate of drug-likeness (QED) is 0.549. The molecule has 3 aliphatic rings. The molecule has 0 bridgehead atoms. The fourth-order valence-corrected chi connectivity index (χ4v) is 5.45. The molecule has 162 valence electrons. The Morgan fingerprint density at radius 2 is 1.90 bits per heavy atom. The lowest BCUT2D eigenvalue weighted by atomic mass is 10.1. The summed E-state index contributed by atoms with van der Waals surface area (Å²) in [6, 6.07) is -0.611. The van der Waals surface area contributed by atoms with E-state index in [4.69, 9.17) is 21.1 Å². The average Bonchev–Trinajstić information content (AvgIpc) is 3.24. The second-order valence-electron chi connectivity index (χ2n) is 7.73. The van der Waals surface area contributed by atoms with E-state index < -0.39 is 16.1 Å². The van der Waals surface area contributed by atoms with E-state index in [1.165, 1.54) is 6.20 Å². The monoisotopic (exact) mass is 455 g/mol. The van der Waals surface area contributed by atoms with Crippen LogP contribution in [-0.2, 0) is 26.5 Å². The van der Waals surface area contributed by atoms with Gasteiger partial charge in [-0.2, -0.15) is 10.1 Å². The Kier molecular flexibility index (Phi) is 5.06. The van der Waals surface area contributed by atoms with Gasteiger partial charge in [-0.15, -0.1) is 0 Å². The molecular weight excluding hydrogens is 434 g/mol. The summed E-state index contributed by atoms with van der Waals surface area (Å²) in [5, 5.41) is 10.5. The number of nitrogens with zero attached hydrogens (tertiary/aromatic N) is 4. The molecule has 13 heteroatoms. The molecule has 3 N–H and O–H groups in total. The molecule has 11 nitrogen and oxygen atoms in total. The number of nitrogens with one attached hydrogen (secondary N) is 3. The molecule has 5 rings (SSSR count). The molecule has 2 aromatic rings. The third-order valence-electron chi connectivity index (χ3n) is 5.36. The minimum absolute atomic E-state index is 0.218. The van der Waals surface area contributed by atoms with Gasteiger partial charge in [-0.05, 0) is 12.8 Å². The van der Waals surface area contributed by atoms with Crippen molar-refractivity contribution in [3.05, 3.63) is 23.6 Å². The van der Waals surface area contributed by atoms with Gasteiger partial charge in [-0.25, -0.2) is 18.1 Å². The first kappa shape index (κ1) is 19.9. The maximum Gasteiger partial charge on any atom is 0.229 e. The zero-order chi connectivity index (χ0) is 20.9. The largest absolute Gasteiger partial charge is 0.371 e. The molecule has 0 aromatic carbocycles. The van der Waals surface area contributed by atoms with Crippen LogP contribution in [0.4, 0.5) is 17.5 Å². The molecule has 3 fully saturated rings. The molecule has 4 heterocycles. The Morgan fingerprint density at radius 1 is 1.17 bits per heavy atom. The van der Waals surface area contributed by atoms with Gasteiger partial charge >= 0.3 is 0 Å². The van der Waals surface area contributed by atoms with Crippen molar-refractivity contribution in [2.24, 2.45) is 7.05 Å². The van der Waals surface area contributed by atoms with E-state index in [9.17, 15) is 8.42 Å². The van der Waals surface area contributed by atoms with Crippen LogP contribution in [-0.4, -0.2) is 70.9 Å². The Labute approximate surface area is 178 Å². The van der Waals surface area contributed by atoms with Gasteiger partial charge < -0.3 is 20.1 Å². The van der Waals surface area contributed by atoms with Crippen LogP contribution in [0.5, 0.6) is 0 Å². The standard InChI is InChI=1S/C17H22ClN7O4S/c1-25-6-9(4-20-25)21-17-19-5-11(18)16(23-17)22-12-7-28-15-13(8-29-14(12)15)24-30(26,27)10-2-3-10/h4-6,10,12-15,24H,2-3,7-8H2,1H3,(H2,19,21,22,23). The molecule has 30 heavy (non-hydrogen) atoms. The first-order valence-electron chi connectivity index (χ1n) is 9.68. The second-order valence-corrected chi connectivity index (χ2v) is 10.1. The van der Waals surface area contributed by atoms with Gasteiger partial charge in [0.25, 0.3) is 0 Å². The lowest BCUT2D eigenvalue weighted by Crippen LogP contribution is -2.45. The van der Waals surface area contributed by atoms with Crippen LogP contribution >= 0.6 is 11.6 Å². The van der Waals surface area contributed by atoms with E-state index in [0.29, 0.717) is 36.2 Å². The summed E-state index contributed by atoms with van der Waals surface area (Å²) in [7, 11) is -1.50. The van der Waals surface area contributed by atoms with Gasteiger partial charge in [0.2, 0.25) is 16.0 Å². The van der Waals surface area contributed by atoms with Crippen LogP contribution in [0.25, 0.3) is 0 Å². The summed E-state index contributed by atoms with van der Waals surface area (Å²) >= 11 is 6.28. The normalized spacial score (nSPS) is 28.5. The van der Waals surface area contributed by atoms with Crippen molar-refractivity contribution in [2.75, 3.05) is 23.8 Å². The van der Waals surface area contributed by atoms with Crippen LogP contribution in [0.1, 0.15) is 12.8 Å². The Balaban J connectivity index is 1.26. The van der Waals surface area contributed by atoms with Crippen molar-refractivity contribution in [3.63, 3.8) is 0 Å². The molecule has 2 aromatic heterocycles. The molecule has 0 amide bonds. The van der Waals surface area contributed by atoms with Crippen LogP contribution < -0.4 is 15.4 Å². The molecule has 2 aliphatic heterocycles. The van der Waals surface area contributed by atoms with Crippen LogP contribution in [0, 0.1) is 0 Å². The zero-order valence-electron chi connectivity index (χ0n) is 16.2. The molecule has 4 atom stereocenters. The summed E-state index contributed by atoms with van der Waals surface area (Å²) in [4.78, 5) is 8.63. The highest BCUT2D eigenvalue weighted by atomic mass is 35.5. The summed E-state index contributed by atoms with van der Waals surface area (Å²) in [6.07, 6.45) is 5.73. The van der Waals surface area contributed by atoms with Gasteiger partial charge in [0.15, 0.2) is 5.82 Å². The second kappa shape index (κ2) is 7.61. The first-order valence-corrected chi connectivity index (χ1v) is 11.6. The lowest BCUT2D eigenvalue weighted by molar-refractivity contribution is 0.0690. The van der Waals surface area contributed by atoms with E-state index in [1.807, 2.05) is 7.05 Å². The van der Waals surface area contributed by atoms with Gasteiger partial charge in [0.05, 0.1) is 48.6 Å². The number of rotatable bonds is 7. The van der Waals surface area contributed by atoms with Crippen LogP contribution in [0.2, 0.25) is 5.02 Å². The molecule has 2 saturated heterocycles. The topological polar surface area (TPSA) is 132 Å². The zero-order valence-corrected chi connectivity index (χ0v) is 17.7. The number of aryl methyl sites for hydroxylation is 1. The predicted octanol–water partition coefficient (Wildman–Crippen LogP) is 0.636. The molecule has 0 radical (unpaired) electrons. The Morgan fingerprint density at radius 3 is 2.60 bits per heavy atom. The van der Waals surface area contributed by atoms with E-state index in [-0.39, 0.29) is 30.1 Å². The Bertz CT molecular complexity index is 1040. The van der Waals surface area contributed by atoms with E-state index in [0.717, 1.165) is 5.69 Å². The molecule has 1 aliphatic carbocycles. The predicted molar refractivity (Wildman–Crippen MR) is 109 cm³/mol. The SMILES string of the molecule is Cn1cc(Nc2ncc(Cl)c(NC3COC4C(NS(=O)(=O)C5CC5)COC34)n2)cn1.